The highest BCUT2D eigenvalue weighted by molar-refractivity contribution is 5.23. The van der Waals surface area contributed by atoms with Gasteiger partial charge in [-0.2, -0.15) is 0 Å². The van der Waals surface area contributed by atoms with Crippen molar-refractivity contribution in [1.29, 1.82) is 0 Å². The minimum atomic E-state index is -0.642. The molecule has 0 radical (unpaired) electrons. The zero-order valence-corrected chi connectivity index (χ0v) is 10.3. The molecule has 0 aliphatic heterocycles. The Morgan fingerprint density at radius 1 is 1.11 bits per heavy atom. The highest BCUT2D eigenvalue weighted by atomic mass is 19.1. The van der Waals surface area contributed by atoms with Gasteiger partial charge in [0.05, 0.1) is 5.69 Å². The molecule has 19 heavy (non-hydrogen) atoms. The number of benzene rings is 1. The Hall–Kier alpha value is -2.01. The maximum absolute atomic E-state index is 12.9. The van der Waals surface area contributed by atoms with Crippen molar-refractivity contribution in [2.75, 3.05) is 13.2 Å². The van der Waals surface area contributed by atoms with E-state index in [4.69, 9.17) is 4.74 Å². The van der Waals surface area contributed by atoms with Crippen molar-refractivity contribution in [3.8, 4) is 5.75 Å². The summed E-state index contributed by atoms with van der Waals surface area (Å²) in [6, 6.07) is 8.80. The molecule has 1 aromatic carbocycles. The highest BCUT2D eigenvalue weighted by Gasteiger charge is 2.01. The second-order valence-electron chi connectivity index (χ2n) is 3.95. The molecule has 0 saturated heterocycles. The fourth-order valence-electron chi connectivity index (χ4n) is 1.57. The van der Waals surface area contributed by atoms with Crippen molar-refractivity contribution in [2.45, 2.75) is 6.54 Å². The van der Waals surface area contributed by atoms with Gasteiger partial charge in [-0.1, -0.05) is 6.07 Å². The van der Waals surface area contributed by atoms with Gasteiger partial charge in [-0.15, -0.1) is 0 Å². The molecular formula is C14H14F2N2O. The molecule has 1 N–H and O–H groups in total. The first-order chi connectivity index (χ1) is 9.24. The molecule has 0 spiro atoms. The van der Waals surface area contributed by atoms with Crippen LogP contribution >= 0.6 is 0 Å². The molecule has 5 heteroatoms. The first-order valence-corrected chi connectivity index (χ1v) is 5.93. The third kappa shape index (κ3) is 4.63. The van der Waals surface area contributed by atoms with Gasteiger partial charge in [0.25, 0.3) is 0 Å². The van der Waals surface area contributed by atoms with Gasteiger partial charge in [-0.3, -0.25) is 4.98 Å². The van der Waals surface area contributed by atoms with E-state index in [9.17, 15) is 8.78 Å². The van der Waals surface area contributed by atoms with E-state index in [1.54, 1.807) is 6.20 Å². The van der Waals surface area contributed by atoms with Gasteiger partial charge >= 0.3 is 0 Å². The summed E-state index contributed by atoms with van der Waals surface area (Å²) < 4.78 is 31.0. The number of pyridine rings is 1. The Kier molecular flexibility index (Phi) is 4.80. The summed E-state index contributed by atoms with van der Waals surface area (Å²) in [6.07, 6.45) is 1.73. The predicted octanol–water partition coefficient (Wildman–Crippen LogP) is 2.53. The van der Waals surface area contributed by atoms with Gasteiger partial charge < -0.3 is 10.1 Å². The summed E-state index contributed by atoms with van der Waals surface area (Å²) in [5.41, 5.74) is 0.930. The highest BCUT2D eigenvalue weighted by Crippen LogP contribution is 2.14. The van der Waals surface area contributed by atoms with Crippen molar-refractivity contribution in [2.24, 2.45) is 0 Å². The van der Waals surface area contributed by atoms with Crippen LogP contribution in [0.15, 0.2) is 42.6 Å². The summed E-state index contributed by atoms with van der Waals surface area (Å²) in [5.74, 6) is -1.09. The van der Waals surface area contributed by atoms with Crippen LogP contribution in [-0.4, -0.2) is 18.1 Å². The number of hydrogen-bond donors (Lipinski definition) is 1. The van der Waals surface area contributed by atoms with Gasteiger partial charge in [0.2, 0.25) is 0 Å². The molecule has 1 heterocycles. The Bertz CT molecular complexity index is 500. The number of nitrogens with one attached hydrogen (secondary N) is 1. The monoisotopic (exact) mass is 264 g/mol. The van der Waals surface area contributed by atoms with Crippen LogP contribution in [0.4, 0.5) is 8.78 Å². The minimum Gasteiger partial charge on any atom is -0.492 e. The smallest absolute Gasteiger partial charge is 0.129 e. The number of hydrogen-bond acceptors (Lipinski definition) is 3. The van der Waals surface area contributed by atoms with Gasteiger partial charge in [0.15, 0.2) is 0 Å². The number of halogens is 2. The molecule has 0 unspecified atom stereocenters. The predicted molar refractivity (Wildman–Crippen MR) is 67.8 cm³/mol. The third-order valence-corrected chi connectivity index (χ3v) is 2.42. The molecule has 0 aliphatic carbocycles. The van der Waals surface area contributed by atoms with Crippen LogP contribution in [0.1, 0.15) is 5.69 Å². The van der Waals surface area contributed by atoms with Gasteiger partial charge in [0.1, 0.15) is 24.0 Å². The summed E-state index contributed by atoms with van der Waals surface area (Å²) >= 11 is 0. The topological polar surface area (TPSA) is 34.1 Å². The standard InChI is InChI=1S/C14H14F2N2O/c15-11-7-12(16)9-14(8-11)19-6-5-17-10-13-3-1-2-4-18-13/h1-4,7-9,17H,5-6,10H2. The molecule has 0 bridgehead atoms. The van der Waals surface area contributed by atoms with Crippen LogP contribution in [0, 0.1) is 11.6 Å². The van der Waals surface area contributed by atoms with Crippen molar-refractivity contribution in [3.63, 3.8) is 0 Å². The second-order valence-corrected chi connectivity index (χ2v) is 3.95. The van der Waals surface area contributed by atoms with Crippen molar-refractivity contribution < 1.29 is 13.5 Å². The average molecular weight is 264 g/mol. The lowest BCUT2D eigenvalue weighted by Crippen LogP contribution is -2.21. The molecule has 0 atom stereocenters. The van der Waals surface area contributed by atoms with E-state index in [0.29, 0.717) is 19.7 Å². The molecule has 0 amide bonds. The first-order valence-electron chi connectivity index (χ1n) is 5.93. The Morgan fingerprint density at radius 2 is 1.89 bits per heavy atom. The summed E-state index contributed by atoms with van der Waals surface area (Å²) in [5, 5.41) is 3.13. The third-order valence-electron chi connectivity index (χ3n) is 2.42. The summed E-state index contributed by atoms with van der Waals surface area (Å²) in [4.78, 5) is 4.16. The molecule has 0 fully saturated rings. The van der Waals surface area contributed by atoms with E-state index >= 15 is 0 Å². The first kappa shape index (κ1) is 13.4. The zero-order valence-electron chi connectivity index (χ0n) is 10.3. The Morgan fingerprint density at radius 3 is 2.58 bits per heavy atom. The molecule has 2 aromatic rings. The van der Waals surface area contributed by atoms with Crippen LogP contribution in [-0.2, 0) is 6.54 Å². The molecular weight excluding hydrogens is 250 g/mol. The zero-order chi connectivity index (χ0) is 13.5. The largest absolute Gasteiger partial charge is 0.492 e. The van der Waals surface area contributed by atoms with Crippen LogP contribution in [0.5, 0.6) is 5.75 Å². The Labute approximate surface area is 110 Å². The van der Waals surface area contributed by atoms with Crippen LogP contribution in [0.2, 0.25) is 0 Å². The van der Waals surface area contributed by atoms with E-state index < -0.39 is 11.6 Å². The van der Waals surface area contributed by atoms with Crippen molar-refractivity contribution in [3.05, 3.63) is 59.9 Å². The van der Waals surface area contributed by atoms with Crippen LogP contribution in [0.3, 0.4) is 0 Å². The lowest BCUT2D eigenvalue weighted by atomic mass is 10.3. The lowest BCUT2D eigenvalue weighted by Gasteiger charge is -2.07. The van der Waals surface area contributed by atoms with E-state index in [-0.39, 0.29) is 5.75 Å². The normalized spacial score (nSPS) is 10.4. The minimum absolute atomic E-state index is 0.192. The van der Waals surface area contributed by atoms with Crippen molar-refractivity contribution in [1.82, 2.24) is 10.3 Å². The number of aromatic nitrogens is 1. The molecule has 3 nitrogen and oxygen atoms in total. The quantitative estimate of drug-likeness (QED) is 0.814. The Balaban J connectivity index is 1.69. The van der Waals surface area contributed by atoms with E-state index in [1.165, 1.54) is 0 Å². The average Bonchev–Trinajstić information content (AvgIpc) is 2.38. The molecule has 0 saturated carbocycles. The number of nitrogens with zero attached hydrogens (tertiary/aromatic N) is 1. The van der Waals surface area contributed by atoms with Gasteiger partial charge in [-0.25, -0.2) is 8.78 Å². The van der Waals surface area contributed by atoms with E-state index in [1.807, 2.05) is 18.2 Å². The van der Waals surface area contributed by atoms with Crippen LogP contribution < -0.4 is 10.1 Å². The molecule has 2 rings (SSSR count). The molecule has 1 aromatic heterocycles. The fraction of sp³-hybridized carbons (Fsp3) is 0.214. The van der Waals surface area contributed by atoms with Crippen molar-refractivity contribution >= 4 is 0 Å². The maximum Gasteiger partial charge on any atom is 0.129 e. The lowest BCUT2D eigenvalue weighted by molar-refractivity contribution is 0.310. The molecule has 0 aliphatic rings. The van der Waals surface area contributed by atoms with Gasteiger partial charge in [0, 0.05) is 37.5 Å². The SMILES string of the molecule is Fc1cc(F)cc(OCCNCc2ccccn2)c1. The second kappa shape index (κ2) is 6.80. The maximum atomic E-state index is 12.9. The number of ether oxygens (including phenoxy) is 1. The fourth-order valence-corrected chi connectivity index (χ4v) is 1.57. The van der Waals surface area contributed by atoms with Crippen LogP contribution in [0.25, 0.3) is 0 Å². The summed E-state index contributed by atoms with van der Waals surface area (Å²) in [7, 11) is 0. The summed E-state index contributed by atoms with van der Waals surface area (Å²) in [6.45, 7) is 1.52. The van der Waals surface area contributed by atoms with E-state index in [2.05, 4.69) is 10.3 Å². The van der Waals surface area contributed by atoms with Gasteiger partial charge in [-0.05, 0) is 12.1 Å². The number of rotatable bonds is 6. The molecule has 100 valence electrons. The van der Waals surface area contributed by atoms with E-state index in [0.717, 1.165) is 23.9 Å².